The molecule has 2 aromatic carbocycles. The monoisotopic (exact) mass is 563 g/mol. The minimum atomic E-state index is -0.904. The van der Waals surface area contributed by atoms with E-state index in [0.717, 1.165) is 27.3 Å². The predicted molar refractivity (Wildman–Crippen MR) is 153 cm³/mol. The number of ether oxygens (including phenoxy) is 2. The lowest BCUT2D eigenvalue weighted by atomic mass is 10.0. The number of likely N-dealkylation sites (N-methyl/N-ethyl adjacent to an activating group) is 1. The first-order valence-corrected chi connectivity index (χ1v) is 13.8. The number of carbonyl (C=O) groups is 2. The van der Waals surface area contributed by atoms with E-state index in [4.69, 9.17) is 15.2 Å². The van der Waals surface area contributed by atoms with Gasteiger partial charge in [-0.2, -0.15) is 5.10 Å². The quantitative estimate of drug-likeness (QED) is 0.314. The molecule has 11 heteroatoms. The maximum Gasteiger partial charge on any atom is 0.345 e. The van der Waals surface area contributed by atoms with E-state index in [1.54, 1.807) is 72.9 Å². The highest BCUT2D eigenvalue weighted by molar-refractivity contribution is 8.04. The van der Waals surface area contributed by atoms with Crippen LogP contribution in [0.4, 0.5) is 0 Å². The number of hydrogen-bond acceptors (Lipinski definition) is 9. The average Bonchev–Trinajstić information content (AvgIpc) is 3.43. The zero-order valence-corrected chi connectivity index (χ0v) is 23.7. The normalized spacial score (nSPS) is 17.6. The Bertz CT molecular complexity index is 1450. The molecule has 2 aliphatic heterocycles. The van der Waals surface area contributed by atoms with Gasteiger partial charge in [0.2, 0.25) is 0 Å². The van der Waals surface area contributed by atoms with Gasteiger partial charge in [0, 0.05) is 28.6 Å². The molecule has 2 aliphatic rings. The second-order valence-corrected chi connectivity index (χ2v) is 11.8. The van der Waals surface area contributed by atoms with Crippen molar-refractivity contribution in [2.45, 2.75) is 44.0 Å². The molecule has 0 saturated heterocycles. The minimum Gasteiger partial charge on any atom is -0.492 e. The molecular formula is C29H33N5O5S. The van der Waals surface area contributed by atoms with E-state index in [1.807, 2.05) is 30.5 Å². The first-order chi connectivity index (χ1) is 19.0. The van der Waals surface area contributed by atoms with E-state index < -0.39 is 29.0 Å². The molecule has 1 amide bonds. The number of hydrogen-bond donors (Lipinski definition) is 2. The van der Waals surface area contributed by atoms with Gasteiger partial charge in [-0.25, -0.2) is 4.79 Å². The van der Waals surface area contributed by atoms with Crippen LogP contribution in [0.1, 0.15) is 25.8 Å². The lowest BCUT2D eigenvalue weighted by molar-refractivity contribution is -0.139. The van der Waals surface area contributed by atoms with E-state index in [1.165, 1.54) is 11.8 Å². The Hall–Kier alpha value is -3.80. The molecule has 210 valence electrons. The van der Waals surface area contributed by atoms with Gasteiger partial charge in [0.05, 0.1) is 30.6 Å². The average molecular weight is 564 g/mol. The molecule has 1 aromatic heterocycles. The number of amides is 1. The molecule has 0 aliphatic carbocycles. The number of para-hydroxylation sites is 1. The van der Waals surface area contributed by atoms with Crippen LogP contribution in [0.15, 0.2) is 65.8 Å². The molecule has 0 radical (unpaired) electrons. The first kappa shape index (κ1) is 27.8. The number of fused-ring (bicyclic) bond motifs is 2. The summed E-state index contributed by atoms with van der Waals surface area (Å²) in [6.07, 6.45) is 3.28. The van der Waals surface area contributed by atoms with Crippen LogP contribution in [-0.2, 0) is 16.1 Å². The third-order valence-electron chi connectivity index (χ3n) is 6.54. The van der Waals surface area contributed by atoms with Gasteiger partial charge in [0.1, 0.15) is 11.5 Å². The highest BCUT2D eigenvalue weighted by Gasteiger charge is 2.46. The van der Waals surface area contributed by atoms with Gasteiger partial charge in [0.25, 0.3) is 5.91 Å². The summed E-state index contributed by atoms with van der Waals surface area (Å²) >= 11 is 1.36. The maximum atomic E-state index is 13.5. The predicted octanol–water partition coefficient (Wildman–Crippen LogP) is 3.13. The SMILES string of the molecule is CN(C)C(C(N)=O)N1C2=C(CCOc3cc(-c4cnn(CC(C)(C)O)c4)ccc32)SC1C(=O)Oc1ccccc1. The van der Waals surface area contributed by atoms with Gasteiger partial charge in [-0.1, -0.05) is 36.0 Å². The molecule has 2 atom stereocenters. The van der Waals surface area contributed by atoms with E-state index in [-0.39, 0.29) is 0 Å². The van der Waals surface area contributed by atoms with Crippen LogP contribution in [0.2, 0.25) is 0 Å². The van der Waals surface area contributed by atoms with Crippen LogP contribution >= 0.6 is 11.8 Å². The molecule has 10 nitrogen and oxygen atoms in total. The van der Waals surface area contributed by atoms with Crippen molar-refractivity contribution in [1.29, 1.82) is 0 Å². The van der Waals surface area contributed by atoms with Crippen molar-refractivity contribution in [3.63, 3.8) is 0 Å². The summed E-state index contributed by atoms with van der Waals surface area (Å²) < 4.78 is 13.6. The van der Waals surface area contributed by atoms with Crippen LogP contribution < -0.4 is 15.2 Å². The van der Waals surface area contributed by atoms with Crippen LogP contribution in [0.25, 0.3) is 16.8 Å². The topological polar surface area (TPSA) is 123 Å². The fourth-order valence-electron chi connectivity index (χ4n) is 4.95. The summed E-state index contributed by atoms with van der Waals surface area (Å²) in [7, 11) is 3.50. The molecule has 0 saturated carbocycles. The second kappa shape index (κ2) is 11.0. The zero-order chi connectivity index (χ0) is 28.6. The molecule has 0 bridgehead atoms. The standard InChI is InChI=1S/C29H33N5O5S/c1-29(2,37)17-33-16-19(15-31-33)18-10-11-21-22(14-18)38-13-12-23-24(21)34(26(25(30)35)32(3)4)27(40-23)28(36)39-20-8-6-5-7-9-20/h5-11,14-16,26-27,37H,12-13,17H2,1-4H3,(H2,30,35). The van der Waals surface area contributed by atoms with E-state index in [2.05, 4.69) is 5.10 Å². The number of benzene rings is 2. The van der Waals surface area contributed by atoms with Crippen molar-refractivity contribution in [2.24, 2.45) is 5.73 Å². The molecule has 3 aromatic rings. The number of nitrogens with zero attached hydrogens (tertiary/aromatic N) is 4. The summed E-state index contributed by atoms with van der Waals surface area (Å²) in [6, 6.07) is 14.7. The van der Waals surface area contributed by atoms with E-state index in [0.29, 0.717) is 31.1 Å². The fourth-order valence-corrected chi connectivity index (χ4v) is 6.23. The number of carbonyl (C=O) groups excluding carboxylic acids is 2. The minimum absolute atomic E-state index is 0.358. The van der Waals surface area contributed by atoms with Crippen LogP contribution in [-0.4, -0.2) is 74.4 Å². The third-order valence-corrected chi connectivity index (χ3v) is 7.86. The summed E-state index contributed by atoms with van der Waals surface area (Å²) in [5, 5.41) is 13.7. The van der Waals surface area contributed by atoms with E-state index in [9.17, 15) is 14.7 Å². The van der Waals surface area contributed by atoms with Crippen molar-refractivity contribution in [3.05, 3.63) is 71.4 Å². The van der Waals surface area contributed by atoms with Gasteiger partial charge in [-0.3, -0.25) is 14.4 Å². The number of esters is 1. The van der Waals surface area contributed by atoms with Gasteiger partial charge >= 0.3 is 5.97 Å². The Morgan fingerprint density at radius 3 is 2.65 bits per heavy atom. The van der Waals surface area contributed by atoms with Gasteiger partial charge in [0.15, 0.2) is 11.5 Å². The van der Waals surface area contributed by atoms with E-state index >= 15 is 0 Å². The summed E-state index contributed by atoms with van der Waals surface area (Å²) in [5.41, 5.74) is 8.26. The molecule has 5 rings (SSSR count). The highest BCUT2D eigenvalue weighted by Crippen LogP contribution is 2.50. The Labute approximate surface area is 237 Å². The molecular weight excluding hydrogens is 530 g/mol. The largest absolute Gasteiger partial charge is 0.492 e. The maximum absolute atomic E-state index is 13.5. The van der Waals surface area contributed by atoms with Crippen molar-refractivity contribution in [1.82, 2.24) is 19.6 Å². The molecule has 2 unspecified atom stereocenters. The number of primary amides is 1. The number of rotatable bonds is 8. The number of aromatic nitrogens is 2. The van der Waals surface area contributed by atoms with Crippen molar-refractivity contribution >= 4 is 29.3 Å². The molecule has 3 N–H and O–H groups in total. The number of nitrogens with two attached hydrogens (primary N) is 1. The third kappa shape index (κ3) is 5.72. The Kier molecular flexibility index (Phi) is 7.63. The van der Waals surface area contributed by atoms with Crippen molar-refractivity contribution < 1.29 is 24.2 Å². The summed E-state index contributed by atoms with van der Waals surface area (Å²) in [4.78, 5) is 30.6. The molecule has 0 spiro atoms. The molecule has 40 heavy (non-hydrogen) atoms. The number of thioether (sulfide) groups is 1. The van der Waals surface area contributed by atoms with Crippen molar-refractivity contribution in [2.75, 3.05) is 20.7 Å². The van der Waals surface area contributed by atoms with Gasteiger partial charge < -0.3 is 25.2 Å². The first-order valence-electron chi connectivity index (χ1n) is 12.9. The summed E-state index contributed by atoms with van der Waals surface area (Å²) in [6.45, 7) is 4.22. The smallest absolute Gasteiger partial charge is 0.345 e. The van der Waals surface area contributed by atoms with Crippen molar-refractivity contribution in [3.8, 4) is 22.6 Å². The second-order valence-electron chi connectivity index (χ2n) is 10.7. The van der Waals surface area contributed by atoms with Crippen LogP contribution in [0.3, 0.4) is 0 Å². The Balaban J connectivity index is 1.53. The fraction of sp³-hybridized carbons (Fsp3) is 0.345. The summed E-state index contributed by atoms with van der Waals surface area (Å²) in [5.74, 6) is -0.0216. The van der Waals surface area contributed by atoms with Crippen LogP contribution in [0.5, 0.6) is 11.5 Å². The Morgan fingerprint density at radius 1 is 1.23 bits per heavy atom. The van der Waals surface area contributed by atoms with Crippen LogP contribution in [0, 0.1) is 0 Å². The molecule has 0 fully saturated rings. The molecule has 3 heterocycles. The lowest BCUT2D eigenvalue weighted by Crippen LogP contribution is -2.55. The highest BCUT2D eigenvalue weighted by atomic mass is 32.2. The zero-order valence-electron chi connectivity index (χ0n) is 22.9. The van der Waals surface area contributed by atoms with Gasteiger partial charge in [-0.05, 0) is 57.8 Å². The Morgan fingerprint density at radius 2 is 1.98 bits per heavy atom. The lowest BCUT2D eigenvalue weighted by Gasteiger charge is -2.37. The van der Waals surface area contributed by atoms with Gasteiger partial charge in [-0.15, -0.1) is 0 Å². The number of aliphatic hydroxyl groups is 1.